The first-order valence-corrected chi connectivity index (χ1v) is 6.68. The molecule has 0 saturated heterocycles. The van der Waals surface area contributed by atoms with Crippen LogP contribution in [-0.2, 0) is 11.2 Å². The lowest BCUT2D eigenvalue weighted by Crippen LogP contribution is -2.27. The van der Waals surface area contributed by atoms with Gasteiger partial charge in [0.2, 0.25) is 5.91 Å². The number of likely N-dealkylation sites (N-methyl/N-ethyl adjacent to an activating group) is 1. The summed E-state index contributed by atoms with van der Waals surface area (Å²) in [4.78, 5) is 22.1. The van der Waals surface area contributed by atoms with E-state index in [0.29, 0.717) is 6.42 Å². The Kier molecular flexibility index (Phi) is 4.04. The van der Waals surface area contributed by atoms with Gasteiger partial charge >= 0.3 is 0 Å². The van der Waals surface area contributed by atoms with Crippen molar-refractivity contribution in [3.63, 3.8) is 0 Å². The summed E-state index contributed by atoms with van der Waals surface area (Å²) >= 11 is 1.52. The van der Waals surface area contributed by atoms with E-state index in [1.165, 1.54) is 11.3 Å². The van der Waals surface area contributed by atoms with Crippen LogP contribution in [0.15, 0.2) is 29.8 Å². The van der Waals surface area contributed by atoms with Crippen LogP contribution in [0.1, 0.15) is 12.6 Å². The Morgan fingerprint density at radius 2 is 2.28 bits per heavy atom. The molecule has 18 heavy (non-hydrogen) atoms. The summed E-state index contributed by atoms with van der Waals surface area (Å²) in [7, 11) is 1.80. The van der Waals surface area contributed by atoms with Crippen molar-refractivity contribution in [1.82, 2.24) is 14.9 Å². The third-order valence-electron chi connectivity index (χ3n) is 2.67. The lowest BCUT2D eigenvalue weighted by atomic mass is 10.3. The van der Waals surface area contributed by atoms with Crippen LogP contribution in [0.5, 0.6) is 0 Å². The number of hydrogen-bond acceptors (Lipinski definition) is 4. The van der Waals surface area contributed by atoms with E-state index in [9.17, 15) is 4.79 Å². The number of carbonyl (C=O) groups is 1. The molecule has 0 unspecified atom stereocenters. The second-order valence-electron chi connectivity index (χ2n) is 3.94. The van der Waals surface area contributed by atoms with E-state index in [2.05, 4.69) is 9.97 Å². The van der Waals surface area contributed by atoms with E-state index in [0.717, 1.165) is 22.9 Å². The van der Waals surface area contributed by atoms with Gasteiger partial charge in [0.05, 0.1) is 17.8 Å². The van der Waals surface area contributed by atoms with Crippen molar-refractivity contribution in [3.05, 3.63) is 35.5 Å². The highest BCUT2D eigenvalue weighted by atomic mass is 32.1. The van der Waals surface area contributed by atoms with E-state index in [1.807, 2.05) is 30.5 Å². The van der Waals surface area contributed by atoms with Gasteiger partial charge in [-0.1, -0.05) is 6.07 Å². The van der Waals surface area contributed by atoms with Gasteiger partial charge in [-0.15, -0.1) is 11.3 Å². The molecule has 0 atom stereocenters. The zero-order chi connectivity index (χ0) is 13.0. The molecule has 0 radical (unpaired) electrons. The molecular formula is C13H15N3OS. The number of aromatic nitrogens is 2. The van der Waals surface area contributed by atoms with E-state index < -0.39 is 0 Å². The fraction of sp³-hybridized carbons (Fsp3) is 0.308. The molecule has 0 aliphatic rings. The minimum atomic E-state index is 0.0929. The molecule has 2 heterocycles. The number of thiazole rings is 1. The maximum atomic E-state index is 11.8. The molecule has 0 N–H and O–H groups in total. The van der Waals surface area contributed by atoms with E-state index in [1.54, 1.807) is 18.1 Å². The van der Waals surface area contributed by atoms with Crippen molar-refractivity contribution < 1.29 is 4.79 Å². The molecule has 5 heteroatoms. The third-order valence-corrected chi connectivity index (χ3v) is 3.58. The highest BCUT2D eigenvalue weighted by molar-refractivity contribution is 7.13. The van der Waals surface area contributed by atoms with Crippen LogP contribution in [0.4, 0.5) is 0 Å². The Hall–Kier alpha value is -1.75. The van der Waals surface area contributed by atoms with Crippen LogP contribution in [-0.4, -0.2) is 34.4 Å². The van der Waals surface area contributed by atoms with E-state index in [-0.39, 0.29) is 5.91 Å². The van der Waals surface area contributed by atoms with Crippen LogP contribution in [0.2, 0.25) is 0 Å². The summed E-state index contributed by atoms with van der Waals surface area (Å²) < 4.78 is 0. The quantitative estimate of drug-likeness (QED) is 0.848. The zero-order valence-electron chi connectivity index (χ0n) is 10.5. The molecule has 4 nitrogen and oxygen atoms in total. The normalized spacial score (nSPS) is 10.3. The Morgan fingerprint density at radius 1 is 1.44 bits per heavy atom. The van der Waals surface area contributed by atoms with E-state index in [4.69, 9.17) is 0 Å². The average molecular weight is 261 g/mol. The maximum absolute atomic E-state index is 11.8. The molecule has 0 fully saturated rings. The zero-order valence-corrected chi connectivity index (χ0v) is 11.3. The average Bonchev–Trinajstić information content (AvgIpc) is 2.87. The molecule has 0 aliphatic heterocycles. The molecule has 0 saturated carbocycles. The van der Waals surface area contributed by atoms with Crippen molar-refractivity contribution in [2.24, 2.45) is 0 Å². The fourth-order valence-electron chi connectivity index (χ4n) is 1.46. The summed E-state index contributed by atoms with van der Waals surface area (Å²) in [6, 6.07) is 5.72. The largest absolute Gasteiger partial charge is 0.346 e. The summed E-state index contributed by atoms with van der Waals surface area (Å²) in [6.07, 6.45) is 2.10. The second kappa shape index (κ2) is 5.73. The minimum Gasteiger partial charge on any atom is -0.346 e. The first kappa shape index (κ1) is 12.7. The van der Waals surface area contributed by atoms with Gasteiger partial charge in [0.15, 0.2) is 0 Å². The Bertz CT molecular complexity index is 524. The molecule has 2 aromatic rings. The predicted molar refractivity (Wildman–Crippen MR) is 72.4 cm³/mol. The lowest BCUT2D eigenvalue weighted by Gasteiger charge is -2.12. The van der Waals surface area contributed by atoms with Gasteiger partial charge in [0.1, 0.15) is 5.01 Å². The molecular weight excluding hydrogens is 246 g/mol. The van der Waals surface area contributed by atoms with Crippen molar-refractivity contribution in [3.8, 4) is 10.7 Å². The molecule has 94 valence electrons. The summed E-state index contributed by atoms with van der Waals surface area (Å²) in [5.74, 6) is 0.0929. The van der Waals surface area contributed by atoms with Gasteiger partial charge in [0, 0.05) is 25.2 Å². The number of amides is 1. The maximum Gasteiger partial charge on any atom is 0.228 e. The van der Waals surface area contributed by atoms with Crippen LogP contribution in [0.25, 0.3) is 10.7 Å². The molecule has 2 rings (SSSR count). The predicted octanol–water partition coefficient (Wildman–Crippen LogP) is 2.23. The summed E-state index contributed by atoms with van der Waals surface area (Å²) in [5, 5.41) is 2.78. The van der Waals surface area contributed by atoms with E-state index >= 15 is 0 Å². The van der Waals surface area contributed by atoms with Gasteiger partial charge in [-0.05, 0) is 19.1 Å². The van der Waals surface area contributed by atoms with Gasteiger partial charge in [-0.25, -0.2) is 4.98 Å². The highest BCUT2D eigenvalue weighted by Gasteiger charge is 2.11. The molecule has 2 aromatic heterocycles. The van der Waals surface area contributed by atoms with Crippen LogP contribution in [0.3, 0.4) is 0 Å². The SMILES string of the molecule is CCN(C)C(=O)Cc1csc(-c2ccccn2)n1. The van der Waals surface area contributed by atoms with Crippen molar-refractivity contribution in [2.75, 3.05) is 13.6 Å². The summed E-state index contributed by atoms with van der Waals surface area (Å²) in [5.41, 5.74) is 1.66. The third kappa shape index (κ3) is 2.92. The van der Waals surface area contributed by atoms with Crippen molar-refractivity contribution in [2.45, 2.75) is 13.3 Å². The Balaban J connectivity index is 2.10. The molecule has 0 aromatic carbocycles. The van der Waals surface area contributed by atoms with Crippen LogP contribution < -0.4 is 0 Å². The smallest absolute Gasteiger partial charge is 0.228 e. The van der Waals surface area contributed by atoms with Gasteiger partial charge in [-0.3, -0.25) is 9.78 Å². The summed E-state index contributed by atoms with van der Waals surface area (Å²) in [6.45, 7) is 2.67. The van der Waals surface area contributed by atoms with Crippen LogP contribution in [0, 0.1) is 0 Å². The number of carbonyl (C=O) groups excluding carboxylic acids is 1. The Labute approximate surface area is 110 Å². The molecule has 1 amide bonds. The number of pyridine rings is 1. The standard InChI is InChI=1S/C13H15N3OS/c1-3-16(2)12(17)8-10-9-18-13(15-10)11-6-4-5-7-14-11/h4-7,9H,3,8H2,1-2H3. The first-order chi connectivity index (χ1) is 8.70. The molecule has 0 spiro atoms. The number of nitrogens with zero attached hydrogens (tertiary/aromatic N) is 3. The van der Waals surface area contributed by atoms with Gasteiger partial charge in [0.25, 0.3) is 0 Å². The molecule has 0 bridgehead atoms. The monoisotopic (exact) mass is 261 g/mol. The van der Waals surface area contributed by atoms with Gasteiger partial charge < -0.3 is 4.90 Å². The minimum absolute atomic E-state index is 0.0929. The topological polar surface area (TPSA) is 46.1 Å². The first-order valence-electron chi connectivity index (χ1n) is 5.80. The van der Waals surface area contributed by atoms with Crippen molar-refractivity contribution >= 4 is 17.2 Å². The number of hydrogen-bond donors (Lipinski definition) is 0. The van der Waals surface area contributed by atoms with Crippen molar-refractivity contribution in [1.29, 1.82) is 0 Å². The highest BCUT2D eigenvalue weighted by Crippen LogP contribution is 2.21. The fourth-order valence-corrected chi connectivity index (χ4v) is 2.26. The number of rotatable bonds is 4. The lowest BCUT2D eigenvalue weighted by molar-refractivity contribution is -0.129. The van der Waals surface area contributed by atoms with Crippen LogP contribution >= 0.6 is 11.3 Å². The molecule has 0 aliphatic carbocycles. The Morgan fingerprint density at radius 3 is 2.94 bits per heavy atom. The van der Waals surface area contributed by atoms with Gasteiger partial charge in [-0.2, -0.15) is 0 Å². The second-order valence-corrected chi connectivity index (χ2v) is 4.80.